The van der Waals surface area contributed by atoms with Crippen molar-refractivity contribution in [3.8, 4) is 22.4 Å². The van der Waals surface area contributed by atoms with E-state index >= 15 is 0 Å². The van der Waals surface area contributed by atoms with Crippen LogP contribution in [0.3, 0.4) is 0 Å². The number of H-pyrrole nitrogens is 1. The lowest BCUT2D eigenvalue weighted by Gasteiger charge is -2.44. The van der Waals surface area contributed by atoms with Crippen LogP contribution in [0, 0.1) is 11.2 Å². The number of aliphatic imine (C=N–C) groups is 1. The van der Waals surface area contributed by atoms with Crippen LogP contribution in [0.4, 0.5) is 10.1 Å². The van der Waals surface area contributed by atoms with Crippen LogP contribution in [0.5, 0.6) is 0 Å². The molecule has 0 bridgehead atoms. The van der Waals surface area contributed by atoms with Crippen molar-refractivity contribution in [1.82, 2.24) is 19.7 Å². The Morgan fingerprint density at radius 2 is 2.03 bits per heavy atom. The largest absolute Gasteiger partial charge is 0.382 e. The molecule has 0 aliphatic carbocycles. The summed E-state index contributed by atoms with van der Waals surface area (Å²) in [5.41, 5.74) is 9.07. The van der Waals surface area contributed by atoms with E-state index in [4.69, 9.17) is 11.1 Å². The molecule has 1 fully saturated rings. The molecule has 9 nitrogen and oxygen atoms in total. The zero-order valence-corrected chi connectivity index (χ0v) is 19.1. The number of hydrogen-bond donors (Lipinski definition) is 3. The maximum absolute atomic E-state index is 14.9. The number of carbonyl (C=O) groups is 1. The zero-order chi connectivity index (χ0) is 23.9. The lowest BCUT2D eigenvalue weighted by molar-refractivity contribution is -0.130. The quantitative estimate of drug-likeness (QED) is 0.409. The Hall–Kier alpha value is -3.79. The van der Waals surface area contributed by atoms with E-state index in [9.17, 15) is 9.18 Å². The van der Waals surface area contributed by atoms with E-state index in [2.05, 4.69) is 15.1 Å². The number of carbonyl (C=O) groups excluding carboxylic acids is 1. The molecule has 0 unspecified atom stereocenters. The second-order valence-corrected chi connectivity index (χ2v) is 8.62. The average molecular weight is 451 g/mol. The van der Waals surface area contributed by atoms with E-state index < -0.39 is 11.4 Å². The summed E-state index contributed by atoms with van der Waals surface area (Å²) in [5, 5.41) is 11.5. The first kappa shape index (κ1) is 22.4. The first-order valence-electron chi connectivity index (χ1n) is 10.5. The van der Waals surface area contributed by atoms with Crippen molar-refractivity contribution >= 4 is 23.8 Å². The number of amides is 1. The van der Waals surface area contributed by atoms with E-state index in [-0.39, 0.29) is 17.4 Å². The fraction of sp³-hybridized carbons (Fsp3) is 0.304. The predicted molar refractivity (Wildman–Crippen MR) is 127 cm³/mol. The minimum atomic E-state index is -0.731. The number of piperazine rings is 1. The molecule has 4 N–H and O–H groups in total. The van der Waals surface area contributed by atoms with E-state index in [1.54, 1.807) is 23.0 Å². The number of aryl methyl sites for hydroxylation is 1. The molecule has 1 aliphatic rings. The normalized spacial score (nSPS) is 16.9. The van der Waals surface area contributed by atoms with Gasteiger partial charge >= 0.3 is 0 Å². The Morgan fingerprint density at radius 3 is 2.70 bits per heavy atom. The van der Waals surface area contributed by atoms with Crippen LogP contribution in [0.2, 0.25) is 0 Å². The van der Waals surface area contributed by atoms with E-state index in [0.29, 0.717) is 30.0 Å². The lowest BCUT2D eigenvalue weighted by Crippen LogP contribution is -2.62. The minimum absolute atomic E-state index is 0.147. The molecule has 0 saturated carbocycles. The molecule has 1 saturated heterocycles. The van der Waals surface area contributed by atoms with Gasteiger partial charge in [-0.05, 0) is 45.2 Å². The van der Waals surface area contributed by atoms with Crippen LogP contribution >= 0.6 is 0 Å². The Morgan fingerprint density at radius 1 is 1.27 bits per heavy atom. The van der Waals surface area contributed by atoms with Gasteiger partial charge in [0.1, 0.15) is 18.0 Å². The number of halogens is 1. The summed E-state index contributed by atoms with van der Waals surface area (Å²) in [6.07, 6.45) is 4.42. The fourth-order valence-electron chi connectivity index (χ4n) is 3.98. The number of nitrogens with zero attached hydrogens (tertiary/aromatic N) is 5. The predicted octanol–water partition coefficient (Wildman–Crippen LogP) is 2.59. The summed E-state index contributed by atoms with van der Waals surface area (Å²) in [5.74, 6) is -0.470. The van der Waals surface area contributed by atoms with E-state index in [0.717, 1.165) is 17.5 Å². The molecular weight excluding hydrogens is 423 g/mol. The van der Waals surface area contributed by atoms with E-state index in [1.807, 2.05) is 45.1 Å². The standard InChI is InChI=1S/C23H27FN8O/c1-23(2)22(33)32(8-7-30(23)3)19-9-14(5-6-17(19)24)18-10-16(15-11-28-31(4)12-15)20(29-18)21(26)27-13-25/h5-6,9-13,29H,7-8H2,1-4H3,(H3,25,26,27). The van der Waals surface area contributed by atoms with Gasteiger partial charge in [-0.15, -0.1) is 0 Å². The van der Waals surface area contributed by atoms with Gasteiger partial charge in [-0.1, -0.05) is 0 Å². The van der Waals surface area contributed by atoms with Gasteiger partial charge in [0.25, 0.3) is 0 Å². The molecule has 1 aromatic carbocycles. The van der Waals surface area contributed by atoms with Crippen LogP contribution in [0.25, 0.3) is 22.4 Å². The SMILES string of the molecule is CN1CCN(c2cc(-c3cc(-c4cnn(C)c4)c(/C(N)=N\C=N)[nH]3)ccc2F)C(=O)C1(C)C. The Bertz CT molecular complexity index is 1260. The molecule has 3 heterocycles. The molecule has 1 aliphatic heterocycles. The molecule has 0 radical (unpaired) electrons. The van der Waals surface area contributed by atoms with Crippen molar-refractivity contribution in [3.05, 3.63) is 48.2 Å². The van der Waals surface area contributed by atoms with Crippen molar-refractivity contribution in [2.75, 3.05) is 25.0 Å². The summed E-state index contributed by atoms with van der Waals surface area (Å²) in [7, 11) is 3.70. The van der Waals surface area contributed by atoms with Gasteiger partial charge in [0.15, 0.2) is 0 Å². The molecule has 4 rings (SSSR count). The number of nitrogens with one attached hydrogen (secondary N) is 2. The number of amidine groups is 1. The van der Waals surface area contributed by atoms with Crippen molar-refractivity contribution < 1.29 is 9.18 Å². The van der Waals surface area contributed by atoms with Gasteiger partial charge < -0.3 is 15.6 Å². The van der Waals surface area contributed by atoms with Gasteiger partial charge in [-0.25, -0.2) is 9.38 Å². The van der Waals surface area contributed by atoms with Crippen molar-refractivity contribution in [3.63, 3.8) is 0 Å². The molecule has 3 aromatic rings. The number of anilines is 1. The molecular formula is C23H27FN8O. The fourth-order valence-corrected chi connectivity index (χ4v) is 3.98. The smallest absolute Gasteiger partial charge is 0.247 e. The Balaban J connectivity index is 1.80. The van der Waals surface area contributed by atoms with Crippen LogP contribution in [-0.4, -0.2) is 63.4 Å². The van der Waals surface area contributed by atoms with Crippen molar-refractivity contribution in [2.24, 2.45) is 17.8 Å². The summed E-state index contributed by atoms with van der Waals surface area (Å²) in [4.78, 5) is 23.7. The lowest BCUT2D eigenvalue weighted by atomic mass is 9.97. The van der Waals surface area contributed by atoms with Crippen molar-refractivity contribution in [1.29, 1.82) is 5.41 Å². The van der Waals surface area contributed by atoms with Crippen LogP contribution in [-0.2, 0) is 11.8 Å². The number of rotatable bonds is 5. The zero-order valence-electron chi connectivity index (χ0n) is 19.1. The number of nitrogens with two attached hydrogens (primary N) is 1. The third kappa shape index (κ3) is 3.93. The number of likely N-dealkylation sites (N-methyl/N-ethyl adjacent to an activating group) is 1. The molecule has 0 spiro atoms. The van der Waals surface area contributed by atoms with Gasteiger partial charge in [0.2, 0.25) is 5.91 Å². The van der Waals surface area contributed by atoms with E-state index in [1.165, 1.54) is 11.0 Å². The Kier molecular flexibility index (Phi) is 5.62. The van der Waals surface area contributed by atoms with Gasteiger partial charge in [0, 0.05) is 48.7 Å². The molecule has 1 amide bonds. The van der Waals surface area contributed by atoms with Crippen LogP contribution < -0.4 is 10.6 Å². The molecule has 10 heteroatoms. The monoisotopic (exact) mass is 450 g/mol. The van der Waals surface area contributed by atoms with Crippen LogP contribution in [0.1, 0.15) is 19.5 Å². The maximum Gasteiger partial charge on any atom is 0.247 e. The second-order valence-electron chi connectivity index (χ2n) is 8.62. The highest BCUT2D eigenvalue weighted by molar-refractivity contribution is 6.06. The average Bonchev–Trinajstić information content (AvgIpc) is 3.40. The summed E-state index contributed by atoms with van der Waals surface area (Å²) < 4.78 is 16.6. The van der Waals surface area contributed by atoms with Gasteiger partial charge in [-0.3, -0.25) is 19.8 Å². The number of aromatic amines is 1. The first-order chi connectivity index (χ1) is 15.6. The minimum Gasteiger partial charge on any atom is -0.382 e. The summed E-state index contributed by atoms with van der Waals surface area (Å²) in [6.45, 7) is 4.71. The number of aromatic nitrogens is 3. The first-order valence-corrected chi connectivity index (χ1v) is 10.5. The van der Waals surface area contributed by atoms with Crippen molar-refractivity contribution in [2.45, 2.75) is 19.4 Å². The highest BCUT2D eigenvalue weighted by Gasteiger charge is 2.41. The molecule has 0 atom stereocenters. The second kappa shape index (κ2) is 8.28. The van der Waals surface area contributed by atoms with Crippen LogP contribution in [0.15, 0.2) is 41.7 Å². The molecule has 172 valence electrons. The third-order valence-corrected chi connectivity index (χ3v) is 6.22. The summed E-state index contributed by atoms with van der Waals surface area (Å²) >= 11 is 0. The number of hydrogen-bond acceptors (Lipinski definition) is 4. The molecule has 2 aromatic heterocycles. The third-order valence-electron chi connectivity index (χ3n) is 6.22. The maximum atomic E-state index is 14.9. The topological polar surface area (TPSA) is 119 Å². The van der Waals surface area contributed by atoms with Gasteiger partial charge in [0.05, 0.1) is 23.1 Å². The molecule has 33 heavy (non-hydrogen) atoms. The Labute approximate surface area is 191 Å². The highest BCUT2D eigenvalue weighted by atomic mass is 19.1. The van der Waals surface area contributed by atoms with Gasteiger partial charge in [-0.2, -0.15) is 5.10 Å². The summed E-state index contributed by atoms with van der Waals surface area (Å²) in [6, 6.07) is 6.56. The highest BCUT2D eigenvalue weighted by Crippen LogP contribution is 2.34. The number of benzene rings is 1.